The molecule has 1 aliphatic heterocycles. The minimum atomic E-state index is 0.0922. The quantitative estimate of drug-likeness (QED) is 0.785. The fourth-order valence-electron chi connectivity index (χ4n) is 3.75. The van der Waals surface area contributed by atoms with Gasteiger partial charge in [-0.05, 0) is 43.0 Å². The van der Waals surface area contributed by atoms with E-state index < -0.39 is 0 Å². The molecule has 132 valence electrons. The lowest BCUT2D eigenvalue weighted by atomic mass is 9.88. The average molecular weight is 346 g/mol. The maximum absolute atomic E-state index is 12.6. The van der Waals surface area contributed by atoms with Crippen molar-refractivity contribution in [3.8, 4) is 11.1 Å². The van der Waals surface area contributed by atoms with E-state index in [1.54, 1.807) is 24.5 Å². The van der Waals surface area contributed by atoms with Gasteiger partial charge in [-0.2, -0.15) is 5.10 Å². The van der Waals surface area contributed by atoms with Crippen LogP contribution in [0.4, 0.5) is 0 Å². The van der Waals surface area contributed by atoms with Gasteiger partial charge in [0.2, 0.25) is 0 Å². The first-order chi connectivity index (χ1) is 12.7. The first-order valence-corrected chi connectivity index (χ1v) is 9.02. The van der Waals surface area contributed by atoms with Gasteiger partial charge in [0.25, 0.3) is 5.91 Å². The van der Waals surface area contributed by atoms with Crippen LogP contribution in [-0.4, -0.2) is 39.1 Å². The van der Waals surface area contributed by atoms with Gasteiger partial charge in [-0.25, -0.2) is 0 Å². The zero-order valence-electron chi connectivity index (χ0n) is 14.9. The Morgan fingerprint density at radius 2 is 1.81 bits per heavy atom. The second kappa shape index (κ2) is 7.12. The molecule has 0 saturated carbocycles. The second-order valence-electron chi connectivity index (χ2n) is 6.81. The van der Waals surface area contributed by atoms with E-state index in [1.807, 2.05) is 11.1 Å². The number of rotatable bonds is 3. The van der Waals surface area contributed by atoms with Gasteiger partial charge in [0, 0.05) is 48.2 Å². The largest absolute Gasteiger partial charge is 0.339 e. The van der Waals surface area contributed by atoms with Gasteiger partial charge < -0.3 is 4.90 Å². The third kappa shape index (κ3) is 3.12. The number of benzene rings is 1. The Balaban J connectivity index is 1.49. The normalized spacial score (nSPS) is 15.2. The van der Waals surface area contributed by atoms with Gasteiger partial charge in [0.1, 0.15) is 0 Å². The number of piperidine rings is 1. The Kier molecular flexibility index (Phi) is 4.52. The van der Waals surface area contributed by atoms with Gasteiger partial charge in [-0.15, -0.1) is 0 Å². The molecule has 4 rings (SSSR count). The molecule has 0 unspecified atom stereocenters. The van der Waals surface area contributed by atoms with Crippen LogP contribution in [0, 0.1) is 6.92 Å². The van der Waals surface area contributed by atoms with Crippen molar-refractivity contribution in [1.29, 1.82) is 0 Å². The molecule has 1 amide bonds. The van der Waals surface area contributed by atoms with Crippen LogP contribution in [0.1, 0.15) is 40.4 Å². The highest BCUT2D eigenvalue weighted by Gasteiger charge is 2.27. The lowest BCUT2D eigenvalue weighted by Gasteiger charge is -2.32. The maximum Gasteiger partial charge on any atom is 0.253 e. The SMILES string of the molecule is Cc1ccccc1-c1cn[nH]c1C1CCN(C(=O)c2ccncc2)CC1. The Morgan fingerprint density at radius 3 is 2.54 bits per heavy atom. The molecule has 1 aromatic carbocycles. The lowest BCUT2D eigenvalue weighted by molar-refractivity contribution is 0.0712. The summed E-state index contributed by atoms with van der Waals surface area (Å²) in [7, 11) is 0. The highest BCUT2D eigenvalue weighted by Crippen LogP contribution is 2.35. The molecule has 3 heterocycles. The number of carbonyl (C=O) groups excluding carboxylic acids is 1. The predicted octanol–water partition coefficient (Wildman–Crippen LogP) is 3.80. The number of hydrogen-bond acceptors (Lipinski definition) is 3. The molecule has 1 saturated heterocycles. The van der Waals surface area contributed by atoms with E-state index in [0.29, 0.717) is 11.5 Å². The summed E-state index contributed by atoms with van der Waals surface area (Å²) in [6, 6.07) is 11.9. The van der Waals surface area contributed by atoms with Gasteiger partial charge in [0.15, 0.2) is 0 Å². The molecule has 5 nitrogen and oxygen atoms in total. The van der Waals surface area contributed by atoms with E-state index in [9.17, 15) is 4.79 Å². The van der Waals surface area contributed by atoms with Crippen LogP contribution in [0.15, 0.2) is 55.0 Å². The van der Waals surface area contributed by atoms with Crippen molar-refractivity contribution in [2.24, 2.45) is 0 Å². The number of aromatic nitrogens is 3. The second-order valence-corrected chi connectivity index (χ2v) is 6.81. The third-order valence-electron chi connectivity index (χ3n) is 5.22. The highest BCUT2D eigenvalue weighted by atomic mass is 16.2. The molecule has 0 bridgehead atoms. The van der Waals surface area contributed by atoms with Gasteiger partial charge >= 0.3 is 0 Å². The zero-order valence-corrected chi connectivity index (χ0v) is 14.9. The van der Waals surface area contributed by atoms with E-state index in [4.69, 9.17) is 0 Å². The maximum atomic E-state index is 12.6. The number of carbonyl (C=O) groups is 1. The molecule has 26 heavy (non-hydrogen) atoms. The van der Waals surface area contributed by atoms with Crippen molar-refractivity contribution < 1.29 is 4.79 Å². The van der Waals surface area contributed by atoms with Crippen molar-refractivity contribution in [1.82, 2.24) is 20.1 Å². The third-order valence-corrected chi connectivity index (χ3v) is 5.22. The van der Waals surface area contributed by atoms with Crippen LogP contribution >= 0.6 is 0 Å². The average Bonchev–Trinajstić information content (AvgIpc) is 3.18. The predicted molar refractivity (Wildman–Crippen MR) is 101 cm³/mol. The molecule has 0 atom stereocenters. The van der Waals surface area contributed by atoms with Crippen LogP contribution in [0.3, 0.4) is 0 Å². The van der Waals surface area contributed by atoms with Gasteiger partial charge in [0.05, 0.1) is 6.20 Å². The number of nitrogens with zero attached hydrogens (tertiary/aromatic N) is 3. The number of aryl methyl sites for hydroxylation is 1. The fraction of sp³-hybridized carbons (Fsp3) is 0.286. The van der Waals surface area contributed by atoms with Crippen molar-refractivity contribution >= 4 is 5.91 Å². The zero-order chi connectivity index (χ0) is 17.9. The Hall–Kier alpha value is -2.95. The standard InChI is InChI=1S/C21H22N4O/c1-15-4-2-3-5-18(15)19-14-23-24-20(19)16-8-12-25(13-9-16)21(26)17-6-10-22-11-7-17/h2-7,10-11,14,16H,8-9,12-13H2,1H3,(H,23,24). The topological polar surface area (TPSA) is 61.9 Å². The molecule has 1 aliphatic rings. The summed E-state index contributed by atoms with van der Waals surface area (Å²) in [6.07, 6.45) is 7.14. The number of aromatic amines is 1. The summed E-state index contributed by atoms with van der Waals surface area (Å²) in [4.78, 5) is 18.5. The van der Waals surface area contributed by atoms with Crippen LogP contribution in [-0.2, 0) is 0 Å². The molecule has 1 N–H and O–H groups in total. The monoisotopic (exact) mass is 346 g/mol. The summed E-state index contributed by atoms with van der Waals surface area (Å²) < 4.78 is 0. The Labute approximate surface area is 153 Å². The van der Waals surface area contributed by atoms with Crippen LogP contribution in [0.25, 0.3) is 11.1 Å². The summed E-state index contributed by atoms with van der Waals surface area (Å²) in [5.41, 5.74) is 5.56. The molecule has 3 aromatic rings. The van der Waals surface area contributed by atoms with Crippen LogP contribution < -0.4 is 0 Å². The first-order valence-electron chi connectivity index (χ1n) is 9.02. The van der Waals surface area contributed by atoms with Crippen LogP contribution in [0.2, 0.25) is 0 Å². The number of hydrogen-bond donors (Lipinski definition) is 1. The van der Waals surface area contributed by atoms with Gasteiger partial charge in [-0.3, -0.25) is 14.9 Å². The fourth-order valence-corrected chi connectivity index (χ4v) is 3.75. The highest BCUT2D eigenvalue weighted by molar-refractivity contribution is 5.94. The molecular weight excluding hydrogens is 324 g/mol. The summed E-state index contributed by atoms with van der Waals surface area (Å²) in [6.45, 7) is 3.65. The van der Waals surface area contributed by atoms with Crippen molar-refractivity contribution in [2.75, 3.05) is 13.1 Å². The Morgan fingerprint density at radius 1 is 1.08 bits per heavy atom. The van der Waals surface area contributed by atoms with Crippen molar-refractivity contribution in [2.45, 2.75) is 25.7 Å². The van der Waals surface area contributed by atoms with Gasteiger partial charge in [-0.1, -0.05) is 24.3 Å². The Bertz CT molecular complexity index is 895. The number of amides is 1. The lowest BCUT2D eigenvalue weighted by Crippen LogP contribution is -2.38. The smallest absolute Gasteiger partial charge is 0.253 e. The summed E-state index contributed by atoms with van der Waals surface area (Å²) in [5, 5.41) is 7.52. The number of likely N-dealkylation sites (tertiary alicyclic amines) is 1. The minimum absolute atomic E-state index is 0.0922. The number of nitrogens with one attached hydrogen (secondary N) is 1. The molecular formula is C21H22N4O. The summed E-state index contributed by atoms with van der Waals surface area (Å²) >= 11 is 0. The van der Waals surface area contributed by atoms with E-state index in [2.05, 4.69) is 46.4 Å². The number of H-pyrrole nitrogens is 1. The number of pyridine rings is 1. The van der Waals surface area contributed by atoms with E-state index in [-0.39, 0.29) is 5.91 Å². The summed E-state index contributed by atoms with van der Waals surface area (Å²) in [5.74, 6) is 0.489. The molecule has 0 aliphatic carbocycles. The van der Waals surface area contributed by atoms with Crippen molar-refractivity contribution in [3.05, 3.63) is 71.8 Å². The molecule has 0 spiro atoms. The molecule has 2 aromatic heterocycles. The first kappa shape index (κ1) is 16.5. The van der Waals surface area contributed by atoms with Crippen molar-refractivity contribution in [3.63, 3.8) is 0 Å². The minimum Gasteiger partial charge on any atom is -0.339 e. The van der Waals surface area contributed by atoms with Crippen LogP contribution in [0.5, 0.6) is 0 Å². The molecule has 5 heteroatoms. The van der Waals surface area contributed by atoms with E-state index >= 15 is 0 Å². The van der Waals surface area contributed by atoms with E-state index in [0.717, 1.165) is 25.9 Å². The molecule has 1 fully saturated rings. The van der Waals surface area contributed by atoms with E-state index in [1.165, 1.54) is 22.4 Å². The molecule has 0 radical (unpaired) electrons.